The molecule has 1 heterocycles. The molecule has 3 rings (SSSR count). The Bertz CT molecular complexity index is 885. The highest BCUT2D eigenvalue weighted by molar-refractivity contribution is 5.84. The summed E-state index contributed by atoms with van der Waals surface area (Å²) in [5.41, 5.74) is 1.65. The largest absolute Gasteiger partial charge is 0.453 e. The molecule has 160 valence electrons. The van der Waals surface area contributed by atoms with E-state index >= 15 is 0 Å². The molecule has 1 unspecified atom stereocenters. The number of nitrogens with one attached hydrogen (secondary N) is 3. The summed E-state index contributed by atoms with van der Waals surface area (Å²) in [7, 11) is 2.98. The molecule has 1 saturated heterocycles. The van der Waals surface area contributed by atoms with Crippen molar-refractivity contribution in [1.82, 2.24) is 10.6 Å². The van der Waals surface area contributed by atoms with E-state index in [2.05, 4.69) is 25.7 Å². The monoisotopic (exact) mass is 417 g/mol. The van der Waals surface area contributed by atoms with Crippen molar-refractivity contribution in [3.05, 3.63) is 59.7 Å². The first-order valence-electron chi connectivity index (χ1n) is 9.60. The number of amides is 1. The molecule has 0 bridgehead atoms. The van der Waals surface area contributed by atoms with E-state index in [1.54, 1.807) is 24.1 Å². The van der Waals surface area contributed by atoms with Gasteiger partial charge >= 0.3 is 6.09 Å². The number of guanidine groups is 1. The van der Waals surface area contributed by atoms with Crippen LogP contribution in [0.15, 0.2) is 47.5 Å². The number of aliphatic imine (C=N–C) groups is 1. The van der Waals surface area contributed by atoms with Crippen LogP contribution in [0.2, 0.25) is 0 Å². The average Bonchev–Trinajstić information content (AvgIpc) is 3.20. The maximum atomic E-state index is 14.0. The van der Waals surface area contributed by atoms with Crippen LogP contribution in [0.4, 0.5) is 25.0 Å². The highest BCUT2D eigenvalue weighted by Crippen LogP contribution is 2.26. The summed E-state index contributed by atoms with van der Waals surface area (Å²) in [6.07, 6.45) is 0.217. The Labute approximate surface area is 174 Å². The van der Waals surface area contributed by atoms with Gasteiger partial charge in [0.15, 0.2) is 5.96 Å². The molecule has 2 aromatic carbocycles. The van der Waals surface area contributed by atoms with E-state index in [1.165, 1.54) is 25.3 Å². The van der Waals surface area contributed by atoms with E-state index in [1.807, 2.05) is 12.1 Å². The Morgan fingerprint density at radius 1 is 1.20 bits per heavy atom. The maximum absolute atomic E-state index is 14.0. The topological polar surface area (TPSA) is 78.0 Å². The minimum atomic E-state index is -0.553. The Morgan fingerprint density at radius 3 is 2.53 bits per heavy atom. The standard InChI is InChI=1S/C21H25F2N5O2/c1-24-20(25-12-14-6-8-15(9-7-14)27-21(29)30-2)26-16-10-11-28(13-16)19-17(22)4-3-5-18(19)23/h3-9,16H,10-13H2,1-2H3,(H,27,29)(H2,24,25,26). The van der Waals surface area contributed by atoms with Crippen LogP contribution in [0.3, 0.4) is 0 Å². The van der Waals surface area contributed by atoms with Gasteiger partial charge < -0.3 is 20.3 Å². The Kier molecular flexibility index (Phi) is 7.05. The highest BCUT2D eigenvalue weighted by atomic mass is 19.1. The normalized spacial score (nSPS) is 16.3. The second-order valence-corrected chi connectivity index (χ2v) is 6.89. The van der Waals surface area contributed by atoms with Gasteiger partial charge in [-0.05, 0) is 36.2 Å². The molecule has 2 aromatic rings. The van der Waals surface area contributed by atoms with Crippen molar-refractivity contribution in [2.24, 2.45) is 4.99 Å². The number of nitrogens with zero attached hydrogens (tertiary/aromatic N) is 2. The lowest BCUT2D eigenvalue weighted by atomic mass is 10.2. The molecule has 1 aliphatic heterocycles. The summed E-state index contributed by atoms with van der Waals surface area (Å²) in [4.78, 5) is 17.2. The van der Waals surface area contributed by atoms with Gasteiger partial charge in [-0.2, -0.15) is 0 Å². The molecule has 0 aliphatic carbocycles. The minimum Gasteiger partial charge on any atom is -0.453 e. The van der Waals surface area contributed by atoms with E-state index in [-0.39, 0.29) is 11.7 Å². The third kappa shape index (κ3) is 5.37. The lowest BCUT2D eigenvalue weighted by Crippen LogP contribution is -2.44. The van der Waals surface area contributed by atoms with E-state index in [9.17, 15) is 13.6 Å². The number of para-hydroxylation sites is 1. The van der Waals surface area contributed by atoms with Crippen molar-refractivity contribution < 1.29 is 18.3 Å². The Hall–Kier alpha value is -3.36. The first-order valence-corrected chi connectivity index (χ1v) is 9.60. The second kappa shape index (κ2) is 9.91. The van der Waals surface area contributed by atoms with Gasteiger partial charge in [0.25, 0.3) is 0 Å². The SMILES string of the molecule is CN=C(NCc1ccc(NC(=O)OC)cc1)NC1CCN(c2c(F)cccc2F)C1. The molecule has 0 spiro atoms. The molecule has 7 nitrogen and oxygen atoms in total. The van der Waals surface area contributed by atoms with Crippen LogP contribution in [-0.4, -0.2) is 45.3 Å². The summed E-state index contributed by atoms with van der Waals surface area (Å²) < 4.78 is 32.6. The first kappa shape index (κ1) is 21.4. The molecule has 1 fully saturated rings. The smallest absolute Gasteiger partial charge is 0.411 e. The van der Waals surface area contributed by atoms with E-state index in [0.717, 1.165) is 12.0 Å². The number of ether oxygens (including phenoxy) is 1. The van der Waals surface area contributed by atoms with Crippen molar-refractivity contribution in [3.63, 3.8) is 0 Å². The zero-order valence-electron chi connectivity index (χ0n) is 16.9. The van der Waals surface area contributed by atoms with E-state index in [0.29, 0.717) is 31.3 Å². The van der Waals surface area contributed by atoms with Crippen molar-refractivity contribution in [3.8, 4) is 0 Å². The van der Waals surface area contributed by atoms with E-state index < -0.39 is 17.7 Å². The number of benzene rings is 2. The number of halogens is 2. The number of hydrogen-bond acceptors (Lipinski definition) is 4. The van der Waals surface area contributed by atoms with Crippen LogP contribution in [-0.2, 0) is 11.3 Å². The van der Waals surface area contributed by atoms with Crippen LogP contribution < -0.4 is 20.9 Å². The molecule has 1 amide bonds. The average molecular weight is 417 g/mol. The van der Waals surface area contributed by atoms with Gasteiger partial charge in [0.05, 0.1) is 7.11 Å². The van der Waals surface area contributed by atoms with Gasteiger partial charge in [0.1, 0.15) is 17.3 Å². The van der Waals surface area contributed by atoms with Crippen LogP contribution in [0.1, 0.15) is 12.0 Å². The number of methoxy groups -OCH3 is 1. The van der Waals surface area contributed by atoms with Gasteiger partial charge in [-0.3, -0.25) is 10.3 Å². The molecule has 0 saturated carbocycles. The van der Waals surface area contributed by atoms with Gasteiger partial charge in [-0.15, -0.1) is 0 Å². The summed E-state index contributed by atoms with van der Waals surface area (Å²) in [5.74, 6) is -0.501. The highest BCUT2D eigenvalue weighted by Gasteiger charge is 2.27. The maximum Gasteiger partial charge on any atom is 0.411 e. The third-order valence-corrected chi connectivity index (χ3v) is 4.85. The number of hydrogen-bond donors (Lipinski definition) is 3. The zero-order chi connectivity index (χ0) is 21.5. The molecule has 0 aromatic heterocycles. The quantitative estimate of drug-likeness (QED) is 0.515. The third-order valence-electron chi connectivity index (χ3n) is 4.85. The summed E-state index contributed by atoms with van der Waals surface area (Å²) in [6.45, 7) is 1.56. The molecule has 1 atom stereocenters. The number of carbonyl (C=O) groups excluding carboxylic acids is 1. The Balaban J connectivity index is 1.51. The van der Waals surface area contributed by atoms with Crippen molar-refractivity contribution in [2.45, 2.75) is 19.0 Å². The summed E-state index contributed by atoms with van der Waals surface area (Å²) in [6, 6.07) is 11.2. The molecule has 3 N–H and O–H groups in total. The van der Waals surface area contributed by atoms with Gasteiger partial charge in [-0.1, -0.05) is 18.2 Å². The van der Waals surface area contributed by atoms with Crippen LogP contribution >= 0.6 is 0 Å². The van der Waals surface area contributed by atoms with Gasteiger partial charge in [0, 0.05) is 38.4 Å². The van der Waals surface area contributed by atoms with Crippen LogP contribution in [0, 0.1) is 11.6 Å². The lowest BCUT2D eigenvalue weighted by Gasteiger charge is -2.21. The molecular formula is C21H25F2N5O2. The lowest BCUT2D eigenvalue weighted by molar-refractivity contribution is 0.187. The molecule has 1 aliphatic rings. The molecule has 9 heteroatoms. The minimum absolute atomic E-state index is 0.0156. The first-order chi connectivity index (χ1) is 14.5. The zero-order valence-corrected chi connectivity index (χ0v) is 16.9. The Morgan fingerprint density at radius 2 is 1.90 bits per heavy atom. The molecular weight excluding hydrogens is 392 g/mol. The number of carbonyl (C=O) groups is 1. The number of anilines is 2. The second-order valence-electron chi connectivity index (χ2n) is 6.89. The van der Waals surface area contributed by atoms with Crippen LogP contribution in [0.5, 0.6) is 0 Å². The molecule has 30 heavy (non-hydrogen) atoms. The fourth-order valence-electron chi connectivity index (χ4n) is 3.32. The van der Waals surface area contributed by atoms with Gasteiger partial charge in [-0.25, -0.2) is 13.6 Å². The van der Waals surface area contributed by atoms with Crippen molar-refractivity contribution in [2.75, 3.05) is 37.5 Å². The fourth-order valence-corrected chi connectivity index (χ4v) is 3.32. The van der Waals surface area contributed by atoms with Gasteiger partial charge in [0.2, 0.25) is 0 Å². The predicted octanol–water partition coefficient (Wildman–Crippen LogP) is 3.09. The molecule has 0 radical (unpaired) electrons. The fraction of sp³-hybridized carbons (Fsp3) is 0.333. The van der Waals surface area contributed by atoms with Crippen molar-refractivity contribution in [1.29, 1.82) is 0 Å². The van der Waals surface area contributed by atoms with Crippen molar-refractivity contribution >= 4 is 23.4 Å². The summed E-state index contributed by atoms with van der Waals surface area (Å²) in [5, 5.41) is 9.11. The number of rotatable bonds is 5. The van der Waals surface area contributed by atoms with E-state index in [4.69, 9.17) is 0 Å². The van der Waals surface area contributed by atoms with Crippen LogP contribution in [0.25, 0.3) is 0 Å². The summed E-state index contributed by atoms with van der Waals surface area (Å²) >= 11 is 0. The predicted molar refractivity (Wildman–Crippen MR) is 113 cm³/mol.